The van der Waals surface area contributed by atoms with Crippen LogP contribution in [0.2, 0.25) is 0 Å². The van der Waals surface area contributed by atoms with Crippen LogP contribution in [0.1, 0.15) is 37.7 Å². The predicted molar refractivity (Wildman–Crippen MR) is 64.1 cm³/mol. The van der Waals surface area contributed by atoms with Crippen molar-refractivity contribution in [2.75, 3.05) is 6.54 Å². The summed E-state index contributed by atoms with van der Waals surface area (Å²) in [5.74, 6) is 0.462. The third-order valence-electron chi connectivity index (χ3n) is 3.35. The summed E-state index contributed by atoms with van der Waals surface area (Å²) < 4.78 is 0. The number of hydrogen-bond donors (Lipinski definition) is 2. The molecule has 1 aliphatic rings. The molecule has 1 saturated heterocycles. The molecule has 1 fully saturated rings. The van der Waals surface area contributed by atoms with Gasteiger partial charge in [-0.15, -0.1) is 0 Å². The largest absolute Gasteiger partial charge is 0.326 e. The number of aromatic nitrogens is 2. The number of rotatable bonds is 3. The molecule has 88 valence electrons. The lowest BCUT2D eigenvalue weighted by Crippen LogP contribution is -2.51. The molecule has 4 nitrogen and oxygen atoms in total. The molecule has 0 bridgehead atoms. The lowest BCUT2D eigenvalue weighted by atomic mass is 9.85. The molecular weight excluding hydrogens is 200 g/mol. The predicted octanol–water partition coefficient (Wildman–Crippen LogP) is 1.05. The van der Waals surface area contributed by atoms with Gasteiger partial charge in [0.2, 0.25) is 0 Å². The molecule has 3 N–H and O–H groups in total. The Bertz CT molecular complexity index is 314. The van der Waals surface area contributed by atoms with Gasteiger partial charge in [0.1, 0.15) is 6.33 Å². The number of hydrogen-bond acceptors (Lipinski definition) is 4. The Morgan fingerprint density at radius 1 is 1.44 bits per heavy atom. The second kappa shape index (κ2) is 5.37. The standard InChI is InChI=1S/C12H20N4/c1-2-3-12-11(13)4-9(7-16-12)10-5-14-8-15-6-10/h5-6,8-9,11-12,16H,2-4,7,13H2,1H3. The van der Waals surface area contributed by atoms with Crippen molar-refractivity contribution in [2.24, 2.45) is 5.73 Å². The Morgan fingerprint density at radius 2 is 2.19 bits per heavy atom. The van der Waals surface area contributed by atoms with Gasteiger partial charge in [-0.2, -0.15) is 0 Å². The summed E-state index contributed by atoms with van der Waals surface area (Å²) in [4.78, 5) is 8.12. The van der Waals surface area contributed by atoms with Crippen LogP contribution < -0.4 is 11.1 Å². The van der Waals surface area contributed by atoms with Gasteiger partial charge in [0.15, 0.2) is 0 Å². The zero-order valence-electron chi connectivity index (χ0n) is 9.76. The molecule has 0 saturated carbocycles. The second-order valence-electron chi connectivity index (χ2n) is 4.57. The van der Waals surface area contributed by atoms with E-state index in [1.807, 2.05) is 12.4 Å². The van der Waals surface area contributed by atoms with Crippen molar-refractivity contribution in [1.29, 1.82) is 0 Å². The van der Waals surface area contributed by atoms with E-state index >= 15 is 0 Å². The molecule has 3 unspecified atom stereocenters. The smallest absolute Gasteiger partial charge is 0.115 e. The minimum atomic E-state index is 0.249. The molecule has 16 heavy (non-hydrogen) atoms. The van der Waals surface area contributed by atoms with Crippen LogP contribution in [0.3, 0.4) is 0 Å². The molecule has 1 aliphatic heterocycles. The molecule has 0 radical (unpaired) electrons. The maximum atomic E-state index is 6.19. The van der Waals surface area contributed by atoms with Crippen molar-refractivity contribution in [3.63, 3.8) is 0 Å². The summed E-state index contributed by atoms with van der Waals surface area (Å²) in [5.41, 5.74) is 7.38. The zero-order valence-corrected chi connectivity index (χ0v) is 9.76. The van der Waals surface area contributed by atoms with Crippen molar-refractivity contribution < 1.29 is 0 Å². The first-order chi connectivity index (χ1) is 7.81. The van der Waals surface area contributed by atoms with Crippen molar-refractivity contribution in [3.05, 3.63) is 24.3 Å². The first-order valence-corrected chi connectivity index (χ1v) is 6.05. The fraction of sp³-hybridized carbons (Fsp3) is 0.667. The molecule has 0 aromatic carbocycles. The van der Waals surface area contributed by atoms with Gasteiger partial charge in [-0.3, -0.25) is 0 Å². The molecule has 0 aliphatic carbocycles. The molecule has 3 atom stereocenters. The fourth-order valence-corrected chi connectivity index (χ4v) is 2.42. The summed E-state index contributed by atoms with van der Waals surface area (Å²) in [6.07, 6.45) is 8.74. The van der Waals surface area contributed by atoms with Crippen LogP contribution in [-0.4, -0.2) is 28.6 Å². The van der Waals surface area contributed by atoms with Gasteiger partial charge in [0, 0.05) is 36.9 Å². The number of piperidine rings is 1. The van der Waals surface area contributed by atoms with E-state index in [0.717, 1.165) is 13.0 Å². The SMILES string of the molecule is CCCC1NCC(c2cncnc2)CC1N. The summed E-state index contributed by atoms with van der Waals surface area (Å²) in [5, 5.41) is 3.54. The van der Waals surface area contributed by atoms with Crippen molar-refractivity contribution in [3.8, 4) is 0 Å². The topological polar surface area (TPSA) is 63.8 Å². The molecule has 2 heterocycles. The summed E-state index contributed by atoms with van der Waals surface area (Å²) in [7, 11) is 0. The van der Waals surface area contributed by atoms with E-state index in [0.29, 0.717) is 12.0 Å². The third-order valence-corrected chi connectivity index (χ3v) is 3.35. The Kier molecular flexibility index (Phi) is 3.85. The van der Waals surface area contributed by atoms with E-state index in [4.69, 9.17) is 5.73 Å². The quantitative estimate of drug-likeness (QED) is 0.799. The Morgan fingerprint density at radius 3 is 2.81 bits per heavy atom. The zero-order chi connectivity index (χ0) is 11.4. The molecular formula is C12H20N4. The Labute approximate surface area is 96.7 Å². The normalized spacial score (nSPS) is 30.2. The van der Waals surface area contributed by atoms with Gasteiger partial charge in [-0.1, -0.05) is 13.3 Å². The second-order valence-corrected chi connectivity index (χ2v) is 4.57. The maximum absolute atomic E-state index is 6.19. The average molecular weight is 220 g/mol. The van der Waals surface area contributed by atoms with E-state index < -0.39 is 0 Å². The van der Waals surface area contributed by atoms with E-state index in [2.05, 4.69) is 22.2 Å². The van der Waals surface area contributed by atoms with Crippen LogP contribution in [-0.2, 0) is 0 Å². The molecule has 0 spiro atoms. The lowest BCUT2D eigenvalue weighted by molar-refractivity contribution is 0.305. The molecule has 4 heteroatoms. The van der Waals surface area contributed by atoms with E-state index in [9.17, 15) is 0 Å². The summed E-state index contributed by atoms with van der Waals surface area (Å²) >= 11 is 0. The van der Waals surface area contributed by atoms with Gasteiger partial charge >= 0.3 is 0 Å². The van der Waals surface area contributed by atoms with E-state index in [1.54, 1.807) is 6.33 Å². The maximum Gasteiger partial charge on any atom is 0.115 e. The van der Waals surface area contributed by atoms with Gasteiger partial charge < -0.3 is 11.1 Å². The van der Waals surface area contributed by atoms with Crippen LogP contribution in [0.15, 0.2) is 18.7 Å². The molecule has 1 aromatic rings. The molecule has 1 aromatic heterocycles. The Balaban J connectivity index is 1.97. The first kappa shape index (κ1) is 11.5. The van der Waals surface area contributed by atoms with Crippen LogP contribution in [0, 0.1) is 0 Å². The van der Waals surface area contributed by atoms with Crippen LogP contribution >= 0.6 is 0 Å². The van der Waals surface area contributed by atoms with Gasteiger partial charge in [-0.05, 0) is 18.4 Å². The highest BCUT2D eigenvalue weighted by atomic mass is 15.0. The minimum Gasteiger partial charge on any atom is -0.326 e. The van der Waals surface area contributed by atoms with E-state index in [1.165, 1.54) is 18.4 Å². The highest BCUT2D eigenvalue weighted by Crippen LogP contribution is 2.24. The lowest BCUT2D eigenvalue weighted by Gasteiger charge is -2.35. The van der Waals surface area contributed by atoms with Gasteiger partial charge in [-0.25, -0.2) is 9.97 Å². The highest BCUT2D eigenvalue weighted by molar-refractivity contribution is 5.13. The minimum absolute atomic E-state index is 0.249. The van der Waals surface area contributed by atoms with E-state index in [-0.39, 0.29) is 6.04 Å². The molecule has 0 amide bonds. The van der Waals surface area contributed by atoms with Crippen LogP contribution in [0.25, 0.3) is 0 Å². The third kappa shape index (κ3) is 2.57. The van der Waals surface area contributed by atoms with Crippen molar-refractivity contribution in [2.45, 2.75) is 44.2 Å². The average Bonchev–Trinajstić information content (AvgIpc) is 2.33. The summed E-state index contributed by atoms with van der Waals surface area (Å²) in [6.45, 7) is 3.19. The van der Waals surface area contributed by atoms with Crippen LogP contribution in [0.4, 0.5) is 0 Å². The monoisotopic (exact) mass is 220 g/mol. The van der Waals surface area contributed by atoms with Gasteiger partial charge in [0.25, 0.3) is 0 Å². The van der Waals surface area contributed by atoms with Gasteiger partial charge in [0.05, 0.1) is 0 Å². The summed E-state index contributed by atoms with van der Waals surface area (Å²) in [6, 6.07) is 0.727. The van der Waals surface area contributed by atoms with Crippen molar-refractivity contribution in [1.82, 2.24) is 15.3 Å². The number of nitrogens with zero attached hydrogens (tertiary/aromatic N) is 2. The number of nitrogens with two attached hydrogens (primary N) is 1. The Hall–Kier alpha value is -1.00. The molecule has 2 rings (SSSR count). The first-order valence-electron chi connectivity index (χ1n) is 6.05. The van der Waals surface area contributed by atoms with Crippen molar-refractivity contribution >= 4 is 0 Å². The van der Waals surface area contributed by atoms with Crippen LogP contribution in [0.5, 0.6) is 0 Å². The number of nitrogens with one attached hydrogen (secondary N) is 1. The fourth-order valence-electron chi connectivity index (χ4n) is 2.42. The highest BCUT2D eigenvalue weighted by Gasteiger charge is 2.27.